The first kappa shape index (κ1) is 28.7. The summed E-state index contributed by atoms with van der Waals surface area (Å²) in [5.41, 5.74) is 2.33. The number of hydrogen-bond donors (Lipinski definition) is 2. The second kappa shape index (κ2) is 12.8. The number of aliphatic imine (C=N–C) groups is 1. The van der Waals surface area contributed by atoms with E-state index in [-0.39, 0.29) is 23.6 Å². The van der Waals surface area contributed by atoms with Crippen LogP contribution in [0.3, 0.4) is 0 Å². The molecular formula is C29H45N5O4S. The van der Waals surface area contributed by atoms with E-state index in [9.17, 15) is 4.79 Å². The fourth-order valence-electron chi connectivity index (χ4n) is 6.21. The van der Waals surface area contributed by atoms with Crippen LogP contribution in [0, 0.1) is 0 Å². The van der Waals surface area contributed by atoms with Gasteiger partial charge in [0.05, 0.1) is 42.6 Å². The first-order valence-electron chi connectivity index (χ1n) is 14.4. The van der Waals surface area contributed by atoms with Gasteiger partial charge in [0.1, 0.15) is 0 Å². The molecule has 1 aromatic carbocycles. The maximum Gasteiger partial charge on any atom is 0.253 e. The zero-order chi connectivity index (χ0) is 27.4. The summed E-state index contributed by atoms with van der Waals surface area (Å²) in [6.45, 7) is 9.76. The maximum absolute atomic E-state index is 13.4. The second-order valence-corrected chi connectivity index (χ2v) is 12.7. The number of morpholine rings is 1. The fraction of sp³-hybridized carbons (Fsp3) is 0.724. The van der Waals surface area contributed by atoms with Crippen molar-refractivity contribution in [3.05, 3.63) is 29.3 Å². The summed E-state index contributed by atoms with van der Waals surface area (Å²) in [4.78, 5) is 23.4. The molecule has 2 saturated heterocycles. The molecule has 3 aliphatic heterocycles. The summed E-state index contributed by atoms with van der Waals surface area (Å²) < 4.78 is 16.7. The molecule has 1 amide bonds. The van der Waals surface area contributed by atoms with Crippen LogP contribution >= 0.6 is 11.8 Å². The number of likely N-dealkylation sites (tertiary alicyclic amines) is 1. The Hall–Kier alpha value is -1.85. The topological polar surface area (TPSA) is 87.7 Å². The largest absolute Gasteiger partial charge is 0.383 e. The van der Waals surface area contributed by atoms with Crippen molar-refractivity contribution in [1.29, 1.82) is 0 Å². The minimum absolute atomic E-state index is 0.0828. The number of carbonyl (C=O) groups is 1. The van der Waals surface area contributed by atoms with Crippen molar-refractivity contribution in [2.45, 2.75) is 75.9 Å². The van der Waals surface area contributed by atoms with Crippen LogP contribution < -0.4 is 10.6 Å². The van der Waals surface area contributed by atoms with Crippen LogP contribution in [0.1, 0.15) is 55.5 Å². The smallest absolute Gasteiger partial charge is 0.253 e. The molecule has 5 rings (SSSR count). The van der Waals surface area contributed by atoms with Gasteiger partial charge in [0.2, 0.25) is 0 Å². The Balaban J connectivity index is 1.32. The lowest BCUT2D eigenvalue weighted by Crippen LogP contribution is -2.47. The third-order valence-electron chi connectivity index (χ3n) is 8.58. The summed E-state index contributed by atoms with van der Waals surface area (Å²) in [5.74, 6) is 0.830. The zero-order valence-electron chi connectivity index (χ0n) is 23.9. The molecule has 1 aromatic rings. The van der Waals surface area contributed by atoms with Crippen molar-refractivity contribution in [3.8, 4) is 0 Å². The molecule has 0 spiro atoms. The summed E-state index contributed by atoms with van der Waals surface area (Å²) in [5, 5.41) is 7.85. The molecular weight excluding hydrogens is 514 g/mol. The number of nitrogens with zero attached hydrogens (tertiary/aromatic N) is 3. The number of carbonyl (C=O) groups excluding carboxylic acids is 1. The van der Waals surface area contributed by atoms with Crippen molar-refractivity contribution in [2.75, 3.05) is 64.7 Å². The number of rotatable bonds is 10. The minimum atomic E-state index is -0.334. The molecule has 1 aliphatic carbocycles. The van der Waals surface area contributed by atoms with Crippen LogP contribution in [0.15, 0.2) is 23.2 Å². The van der Waals surface area contributed by atoms with E-state index < -0.39 is 0 Å². The number of nitrogens with one attached hydrogen (secondary N) is 2. The third kappa shape index (κ3) is 6.73. The van der Waals surface area contributed by atoms with Crippen LogP contribution in [0.5, 0.6) is 0 Å². The van der Waals surface area contributed by atoms with Gasteiger partial charge >= 0.3 is 0 Å². The lowest BCUT2D eigenvalue weighted by Gasteiger charge is -2.38. The third-order valence-corrected chi connectivity index (χ3v) is 9.68. The van der Waals surface area contributed by atoms with Gasteiger partial charge in [-0.15, -0.1) is 0 Å². The maximum atomic E-state index is 13.4. The Morgan fingerprint density at radius 3 is 2.90 bits per heavy atom. The lowest BCUT2D eigenvalue weighted by atomic mass is 9.94. The van der Waals surface area contributed by atoms with Gasteiger partial charge in [0.15, 0.2) is 5.17 Å². The summed E-state index contributed by atoms with van der Waals surface area (Å²) in [7, 11) is 3.43. The van der Waals surface area contributed by atoms with Gasteiger partial charge < -0.3 is 29.7 Å². The monoisotopic (exact) mass is 559 g/mol. The Morgan fingerprint density at radius 2 is 2.10 bits per heavy atom. The van der Waals surface area contributed by atoms with Gasteiger partial charge in [-0.1, -0.05) is 17.8 Å². The van der Waals surface area contributed by atoms with Gasteiger partial charge in [-0.3, -0.25) is 14.7 Å². The van der Waals surface area contributed by atoms with E-state index in [4.69, 9.17) is 19.2 Å². The Kier molecular flexibility index (Phi) is 9.38. The van der Waals surface area contributed by atoms with Gasteiger partial charge in [-0.2, -0.15) is 0 Å². The first-order valence-corrected chi connectivity index (χ1v) is 15.4. The highest BCUT2D eigenvalue weighted by molar-refractivity contribution is 8.14. The number of hydrogen-bond acceptors (Lipinski definition) is 9. The van der Waals surface area contributed by atoms with Gasteiger partial charge in [-0.25, -0.2) is 0 Å². The molecule has 4 aliphatic rings. The Morgan fingerprint density at radius 1 is 1.23 bits per heavy atom. The normalized spacial score (nSPS) is 27.5. The fourth-order valence-corrected chi connectivity index (χ4v) is 7.56. The van der Waals surface area contributed by atoms with E-state index in [1.807, 2.05) is 11.8 Å². The highest BCUT2D eigenvalue weighted by Crippen LogP contribution is 2.34. The molecule has 39 heavy (non-hydrogen) atoms. The Labute approximate surface area is 237 Å². The van der Waals surface area contributed by atoms with Crippen molar-refractivity contribution < 1.29 is 19.0 Å². The number of thioether (sulfide) groups is 1. The SMILES string of the molecule is COCCNC(=O)c1cc(CN2CCO[C@@H]3CCC[C@@H]32)ccc1NC(C)(C)C1CSC(N2CC[C@H](OC)C2)=N1. The molecule has 1 unspecified atom stereocenters. The molecule has 216 valence electrons. The summed E-state index contributed by atoms with van der Waals surface area (Å²) >= 11 is 1.82. The predicted octanol–water partition coefficient (Wildman–Crippen LogP) is 3.20. The molecule has 2 N–H and O–H groups in total. The number of benzene rings is 1. The second-order valence-electron chi connectivity index (χ2n) is 11.7. The van der Waals surface area contributed by atoms with Crippen molar-refractivity contribution in [3.63, 3.8) is 0 Å². The van der Waals surface area contributed by atoms with Gasteiger partial charge in [-0.05, 0) is 57.2 Å². The van der Waals surface area contributed by atoms with Crippen LogP contribution in [0.4, 0.5) is 5.69 Å². The summed E-state index contributed by atoms with van der Waals surface area (Å²) in [6.07, 6.45) is 5.25. The average Bonchev–Trinajstić information content (AvgIpc) is 3.70. The van der Waals surface area contributed by atoms with E-state index >= 15 is 0 Å². The zero-order valence-corrected chi connectivity index (χ0v) is 24.7. The highest BCUT2D eigenvalue weighted by atomic mass is 32.2. The van der Waals surface area contributed by atoms with Crippen LogP contribution in [0.2, 0.25) is 0 Å². The van der Waals surface area contributed by atoms with Gasteiger partial charge in [0, 0.05) is 64.4 Å². The molecule has 3 fully saturated rings. The summed E-state index contributed by atoms with van der Waals surface area (Å²) in [6, 6.07) is 6.88. The molecule has 9 nitrogen and oxygen atoms in total. The van der Waals surface area contributed by atoms with Crippen LogP contribution in [-0.2, 0) is 20.8 Å². The van der Waals surface area contributed by atoms with E-state index in [1.54, 1.807) is 14.2 Å². The molecule has 4 atom stereocenters. The predicted molar refractivity (Wildman–Crippen MR) is 157 cm³/mol. The molecule has 0 radical (unpaired) electrons. The van der Waals surface area contributed by atoms with Crippen LogP contribution in [-0.4, -0.2) is 110 Å². The quantitative estimate of drug-likeness (QED) is 0.423. The molecule has 3 heterocycles. The van der Waals surface area contributed by atoms with Gasteiger partial charge in [0.25, 0.3) is 5.91 Å². The standard InChI is InChI=1S/C29H45N5O4S/c1-29(2,26-19-39-28(31-26)34-12-10-21(18-34)37-4)32-23-9-8-20(16-22(23)27(35)30-11-14-36-3)17-33-13-15-38-25-7-5-6-24(25)33/h8-9,16,21,24-26,32H,5-7,10-15,17-19H2,1-4H3,(H,30,35)/t21-,24-,25+,26?/m0/s1. The lowest BCUT2D eigenvalue weighted by molar-refractivity contribution is -0.0588. The van der Waals surface area contributed by atoms with Crippen molar-refractivity contribution >= 4 is 28.5 Å². The number of methoxy groups -OCH3 is 2. The van der Waals surface area contributed by atoms with E-state index in [0.29, 0.717) is 30.9 Å². The van der Waals surface area contributed by atoms with E-state index in [2.05, 4.69) is 52.5 Å². The Bertz CT molecular complexity index is 1040. The average molecular weight is 560 g/mol. The number of ether oxygens (including phenoxy) is 3. The highest BCUT2D eigenvalue weighted by Gasteiger charge is 2.38. The molecule has 10 heteroatoms. The number of amidine groups is 1. The molecule has 0 aromatic heterocycles. The molecule has 0 bridgehead atoms. The first-order chi connectivity index (χ1) is 18.9. The number of amides is 1. The van der Waals surface area contributed by atoms with E-state index in [0.717, 1.165) is 67.8 Å². The number of anilines is 1. The van der Waals surface area contributed by atoms with Crippen LogP contribution in [0.25, 0.3) is 0 Å². The minimum Gasteiger partial charge on any atom is -0.383 e. The van der Waals surface area contributed by atoms with Crippen molar-refractivity contribution in [2.24, 2.45) is 4.99 Å². The molecule has 1 saturated carbocycles. The van der Waals surface area contributed by atoms with E-state index in [1.165, 1.54) is 12.8 Å². The van der Waals surface area contributed by atoms with Crippen molar-refractivity contribution in [1.82, 2.24) is 15.1 Å². The number of fused-ring (bicyclic) bond motifs is 1.